The summed E-state index contributed by atoms with van der Waals surface area (Å²) in [6, 6.07) is 9.02. The first-order valence-electron chi connectivity index (χ1n) is 4.75. The molecular weight excluding hydrogens is 342 g/mol. The van der Waals surface area contributed by atoms with Crippen molar-refractivity contribution in [1.82, 2.24) is 0 Å². The zero-order chi connectivity index (χ0) is 10.1. The van der Waals surface area contributed by atoms with Crippen LogP contribution in [0.2, 0.25) is 0 Å². The number of aryl methyl sites for hydroxylation is 1. The summed E-state index contributed by atoms with van der Waals surface area (Å²) in [5.41, 5.74) is 1.98. The van der Waals surface area contributed by atoms with Crippen LogP contribution in [0.1, 0.15) is 32.8 Å². The van der Waals surface area contributed by atoms with Crippen molar-refractivity contribution < 1.29 is 21.1 Å². The van der Waals surface area contributed by atoms with Crippen molar-refractivity contribution in [3.8, 4) is 0 Å². The Bertz CT molecular complexity index is 256. The fraction of sp³-hybridized carbons (Fsp3) is 0.417. The maximum atomic E-state index is 4.08. The molecule has 0 amide bonds. The summed E-state index contributed by atoms with van der Waals surface area (Å²) in [6.07, 6.45) is 3.73. The Labute approximate surface area is 102 Å². The van der Waals surface area contributed by atoms with E-state index in [9.17, 15) is 0 Å². The Morgan fingerprint density at radius 1 is 1.36 bits per heavy atom. The van der Waals surface area contributed by atoms with E-state index in [0.717, 1.165) is 17.7 Å². The summed E-state index contributed by atoms with van der Waals surface area (Å²) in [7, 11) is 0. The average molecular weight is 359 g/mol. The van der Waals surface area contributed by atoms with Crippen LogP contribution in [0.25, 0.3) is 0 Å². The quantitative estimate of drug-likeness (QED) is 0.563. The molecule has 1 aromatic rings. The number of hydrogen-bond acceptors (Lipinski definition) is 1. The molecule has 0 bridgehead atoms. The van der Waals surface area contributed by atoms with Gasteiger partial charge in [0.1, 0.15) is 0 Å². The largest absolute Gasteiger partial charge is 2.00 e. The first-order chi connectivity index (χ1) is 6.33. The second-order valence-corrected chi connectivity index (χ2v) is 2.34. The molecule has 2 heteroatoms. The van der Waals surface area contributed by atoms with E-state index in [1.54, 1.807) is 0 Å². The third-order valence-electron chi connectivity index (χ3n) is 1.28. The van der Waals surface area contributed by atoms with Gasteiger partial charge in [-0.25, -0.2) is 11.8 Å². The van der Waals surface area contributed by atoms with E-state index in [1.807, 2.05) is 45.9 Å². The second kappa shape index (κ2) is 10.7. The molecule has 0 aliphatic heterocycles. The Hall–Kier alpha value is -0.422. The second-order valence-electron chi connectivity index (χ2n) is 2.34. The van der Waals surface area contributed by atoms with Crippen molar-refractivity contribution in [3.63, 3.8) is 0 Å². The van der Waals surface area contributed by atoms with Crippen LogP contribution in [0.3, 0.4) is 0 Å². The van der Waals surface area contributed by atoms with Crippen molar-refractivity contribution in [3.05, 3.63) is 29.8 Å². The summed E-state index contributed by atoms with van der Waals surface area (Å²) in [4.78, 5) is 4.08. The van der Waals surface area contributed by atoms with Crippen LogP contribution in [0.4, 0.5) is 5.69 Å². The van der Waals surface area contributed by atoms with E-state index in [0.29, 0.717) is 0 Å². The number of benzene rings is 1. The topological polar surface area (TPSA) is 12.4 Å². The molecule has 0 heterocycles. The molecule has 0 radical (unpaired) electrons. The summed E-state index contributed by atoms with van der Waals surface area (Å²) >= 11 is 0. The van der Waals surface area contributed by atoms with Crippen LogP contribution in [0, 0.1) is 13.0 Å². The first kappa shape index (κ1) is 16.0. The van der Waals surface area contributed by atoms with Gasteiger partial charge in [-0.05, 0) is 0 Å². The zero-order valence-electron chi connectivity index (χ0n) is 9.29. The molecule has 76 valence electrons. The van der Waals surface area contributed by atoms with E-state index in [1.165, 1.54) is 0 Å². The van der Waals surface area contributed by atoms with Crippen molar-refractivity contribution in [1.29, 1.82) is 0 Å². The minimum Gasteiger partial charge on any atom is -0.482 e. The summed E-state index contributed by atoms with van der Waals surface area (Å²) in [5.74, 6) is 0. The maximum absolute atomic E-state index is 4.08. The van der Waals surface area contributed by atoms with Crippen molar-refractivity contribution in [2.75, 3.05) is 0 Å². The molecule has 0 atom stereocenters. The third kappa shape index (κ3) is 7.03. The average Bonchev–Trinajstić information content (AvgIpc) is 2.18. The molecule has 0 aromatic heterocycles. The van der Waals surface area contributed by atoms with E-state index in [4.69, 9.17) is 0 Å². The standard InChI is InChI=1S/C10H11N.C2H6.W/c1-3-7-11-10-6-4-5-9(2)8-10;1-2;/h4-6H,3H2,1-2H3;1-2H3;/q-2;;+2. The molecule has 1 rings (SSSR count). The van der Waals surface area contributed by atoms with Crippen LogP contribution < -0.4 is 0 Å². The molecule has 1 aromatic carbocycles. The molecular formula is C12H17NW. The third-order valence-corrected chi connectivity index (χ3v) is 1.28. The van der Waals surface area contributed by atoms with Crippen LogP contribution in [0.15, 0.2) is 23.2 Å². The summed E-state index contributed by atoms with van der Waals surface area (Å²) in [6.45, 7) is 8.02. The minimum absolute atomic E-state index is 0. The van der Waals surface area contributed by atoms with Gasteiger partial charge in [0.2, 0.25) is 0 Å². The number of hydrogen-bond donors (Lipinski definition) is 0. The molecule has 0 unspecified atom stereocenters. The van der Waals surface area contributed by atoms with Crippen LogP contribution in [0.5, 0.6) is 0 Å². The number of nitrogens with zero attached hydrogens (tertiary/aromatic N) is 1. The van der Waals surface area contributed by atoms with E-state index in [2.05, 4.69) is 17.3 Å². The number of rotatable bonds is 2. The van der Waals surface area contributed by atoms with Crippen LogP contribution in [-0.4, -0.2) is 6.21 Å². The molecule has 1 nitrogen and oxygen atoms in total. The fourth-order valence-corrected chi connectivity index (χ4v) is 0.798. The Balaban J connectivity index is 0. The van der Waals surface area contributed by atoms with Gasteiger partial charge in [0.25, 0.3) is 0 Å². The van der Waals surface area contributed by atoms with Crippen LogP contribution >= 0.6 is 0 Å². The Kier molecular flexibility index (Phi) is 12.2. The monoisotopic (exact) mass is 359 g/mol. The van der Waals surface area contributed by atoms with Gasteiger partial charge in [-0.15, -0.1) is 0 Å². The molecule has 0 aliphatic carbocycles. The first-order valence-corrected chi connectivity index (χ1v) is 4.75. The van der Waals surface area contributed by atoms with Gasteiger partial charge in [0, 0.05) is 0 Å². The van der Waals surface area contributed by atoms with Crippen molar-refractivity contribution in [2.45, 2.75) is 34.1 Å². The summed E-state index contributed by atoms with van der Waals surface area (Å²) < 4.78 is 0. The van der Waals surface area contributed by atoms with Gasteiger partial charge in [-0.2, -0.15) is 23.9 Å². The maximum Gasteiger partial charge on any atom is 2.00 e. The molecule has 14 heavy (non-hydrogen) atoms. The number of aliphatic imine (C=N–C) groups is 1. The molecule has 0 saturated heterocycles. The smallest absolute Gasteiger partial charge is 0.482 e. The van der Waals surface area contributed by atoms with Gasteiger partial charge in [-0.1, -0.05) is 34.1 Å². The molecule has 0 saturated carbocycles. The van der Waals surface area contributed by atoms with Crippen LogP contribution in [-0.2, 0) is 21.1 Å². The van der Waals surface area contributed by atoms with Crippen molar-refractivity contribution in [2.24, 2.45) is 4.99 Å². The van der Waals surface area contributed by atoms with E-state index < -0.39 is 0 Å². The van der Waals surface area contributed by atoms with Crippen molar-refractivity contribution >= 4 is 11.9 Å². The predicted octanol–water partition coefficient (Wildman–Crippen LogP) is 3.81. The van der Waals surface area contributed by atoms with E-state index >= 15 is 0 Å². The fourth-order valence-electron chi connectivity index (χ4n) is 0.798. The van der Waals surface area contributed by atoms with Gasteiger partial charge in [-0.3, -0.25) is 6.07 Å². The Morgan fingerprint density at radius 2 is 2.00 bits per heavy atom. The predicted molar refractivity (Wildman–Crippen MR) is 58.7 cm³/mol. The SMILES string of the molecule is CC.CC[C-]=Nc1[c-]c(C)ccc1.[W+2]. The van der Waals surface area contributed by atoms with Gasteiger partial charge in [0.05, 0.1) is 0 Å². The molecule has 0 spiro atoms. The van der Waals surface area contributed by atoms with E-state index in [-0.39, 0.29) is 21.1 Å². The zero-order valence-corrected chi connectivity index (χ0v) is 12.2. The molecule has 0 fully saturated rings. The normalized spacial score (nSPS) is 8.86. The minimum atomic E-state index is 0. The molecule has 0 N–H and O–H groups in total. The Morgan fingerprint density at radius 3 is 2.50 bits per heavy atom. The summed E-state index contributed by atoms with van der Waals surface area (Å²) in [5, 5.41) is 0. The molecule has 0 aliphatic rings. The van der Waals surface area contributed by atoms with Gasteiger partial charge in [0.15, 0.2) is 0 Å². The van der Waals surface area contributed by atoms with Gasteiger partial charge < -0.3 is 4.99 Å². The van der Waals surface area contributed by atoms with Gasteiger partial charge >= 0.3 is 21.1 Å².